The monoisotopic (exact) mass is 384 g/mol. The maximum absolute atomic E-state index is 12.5. The topological polar surface area (TPSA) is 94.9 Å². The van der Waals surface area contributed by atoms with E-state index in [2.05, 4.69) is 10.9 Å². The number of furan rings is 1. The van der Waals surface area contributed by atoms with Gasteiger partial charge in [0, 0.05) is 38.4 Å². The number of rotatable bonds is 4. The van der Waals surface area contributed by atoms with Gasteiger partial charge in [0.2, 0.25) is 5.91 Å². The lowest BCUT2D eigenvalue weighted by molar-refractivity contribution is -0.127. The largest absolute Gasteiger partial charge is 0.459 e. The Morgan fingerprint density at radius 2 is 1.96 bits per heavy atom. The number of amides is 3. The van der Waals surface area contributed by atoms with Crippen molar-refractivity contribution < 1.29 is 18.8 Å². The van der Waals surface area contributed by atoms with Gasteiger partial charge in [-0.2, -0.15) is 0 Å². The number of hydrogen-bond acceptors (Lipinski definition) is 5. The Kier molecular flexibility index (Phi) is 5.98. The fourth-order valence-electron chi connectivity index (χ4n) is 3.15. The summed E-state index contributed by atoms with van der Waals surface area (Å²) in [5.74, 6) is -1.06. The van der Waals surface area contributed by atoms with E-state index in [4.69, 9.17) is 4.42 Å². The minimum atomic E-state index is -0.392. The molecule has 3 rings (SSSR count). The number of nitrogens with zero attached hydrogens (tertiary/aromatic N) is 2. The van der Waals surface area contributed by atoms with Crippen LogP contribution in [-0.4, -0.2) is 49.8 Å². The molecule has 1 aliphatic rings. The number of benzene rings is 1. The van der Waals surface area contributed by atoms with Crippen molar-refractivity contribution >= 4 is 23.4 Å². The zero-order valence-corrected chi connectivity index (χ0v) is 16.0. The van der Waals surface area contributed by atoms with Gasteiger partial charge < -0.3 is 14.2 Å². The first kappa shape index (κ1) is 19.5. The Morgan fingerprint density at radius 3 is 2.68 bits per heavy atom. The molecule has 1 fully saturated rings. The highest BCUT2D eigenvalue weighted by molar-refractivity contribution is 5.96. The normalized spacial score (nSPS) is 16.4. The van der Waals surface area contributed by atoms with E-state index in [0.717, 1.165) is 5.69 Å². The van der Waals surface area contributed by atoms with Crippen molar-refractivity contribution in [3.8, 4) is 0 Å². The van der Waals surface area contributed by atoms with Crippen LogP contribution < -0.4 is 15.8 Å². The Balaban J connectivity index is 1.55. The van der Waals surface area contributed by atoms with Gasteiger partial charge in [-0.1, -0.05) is 6.07 Å². The van der Waals surface area contributed by atoms with Crippen LogP contribution in [-0.2, 0) is 4.79 Å². The predicted octanol–water partition coefficient (Wildman–Crippen LogP) is 1.66. The fraction of sp³-hybridized carbons (Fsp3) is 0.350. The second kappa shape index (κ2) is 8.60. The molecule has 0 bridgehead atoms. The minimum Gasteiger partial charge on any atom is -0.459 e. The van der Waals surface area contributed by atoms with Gasteiger partial charge >= 0.3 is 0 Å². The first-order chi connectivity index (χ1) is 13.5. The molecular weight excluding hydrogens is 360 g/mol. The van der Waals surface area contributed by atoms with Crippen molar-refractivity contribution in [2.24, 2.45) is 5.92 Å². The molecule has 1 aromatic carbocycles. The maximum Gasteiger partial charge on any atom is 0.289 e. The van der Waals surface area contributed by atoms with Crippen LogP contribution in [0.3, 0.4) is 0 Å². The molecule has 1 saturated heterocycles. The number of hydrazine groups is 1. The third-order valence-electron chi connectivity index (χ3n) is 4.74. The first-order valence-electron chi connectivity index (χ1n) is 9.16. The minimum absolute atomic E-state index is 0.230. The summed E-state index contributed by atoms with van der Waals surface area (Å²) < 4.78 is 5.15. The summed E-state index contributed by atoms with van der Waals surface area (Å²) in [6.45, 7) is 0.865. The Bertz CT molecular complexity index is 848. The van der Waals surface area contributed by atoms with E-state index in [0.29, 0.717) is 24.9 Å². The van der Waals surface area contributed by atoms with E-state index in [-0.39, 0.29) is 30.0 Å². The zero-order chi connectivity index (χ0) is 20.1. The van der Waals surface area contributed by atoms with Gasteiger partial charge in [0.05, 0.1) is 12.2 Å². The van der Waals surface area contributed by atoms with Crippen LogP contribution in [0.15, 0.2) is 47.1 Å². The van der Waals surface area contributed by atoms with Crippen LogP contribution in [0.5, 0.6) is 0 Å². The average Bonchev–Trinajstić information content (AvgIpc) is 3.26. The fourth-order valence-corrected chi connectivity index (χ4v) is 3.15. The van der Waals surface area contributed by atoms with Crippen LogP contribution in [0.1, 0.15) is 33.8 Å². The van der Waals surface area contributed by atoms with Gasteiger partial charge in [-0.05, 0) is 43.2 Å². The van der Waals surface area contributed by atoms with E-state index in [1.807, 2.05) is 25.1 Å². The molecule has 1 atom stereocenters. The molecule has 2 N–H and O–H groups in total. The number of piperidine rings is 1. The number of carbonyl (C=O) groups is 3. The summed E-state index contributed by atoms with van der Waals surface area (Å²) in [6.07, 6.45) is 2.81. The first-order valence-corrected chi connectivity index (χ1v) is 9.16. The average molecular weight is 384 g/mol. The molecule has 0 aliphatic carbocycles. The predicted molar refractivity (Wildman–Crippen MR) is 104 cm³/mol. The molecule has 1 aromatic heterocycles. The molecule has 8 heteroatoms. The lowest BCUT2D eigenvalue weighted by atomic mass is 9.97. The van der Waals surface area contributed by atoms with Gasteiger partial charge in [0.25, 0.3) is 11.8 Å². The summed E-state index contributed by atoms with van der Waals surface area (Å²) in [7, 11) is 3.77. The third-order valence-corrected chi connectivity index (χ3v) is 4.74. The molecule has 0 radical (unpaired) electrons. The summed E-state index contributed by atoms with van der Waals surface area (Å²) >= 11 is 0. The van der Waals surface area contributed by atoms with E-state index >= 15 is 0 Å². The van der Waals surface area contributed by atoms with Gasteiger partial charge in [-0.15, -0.1) is 0 Å². The number of anilines is 1. The quantitative estimate of drug-likeness (QED) is 0.782. The van der Waals surface area contributed by atoms with Gasteiger partial charge in [0.15, 0.2) is 5.76 Å². The van der Waals surface area contributed by atoms with Gasteiger partial charge in [-0.3, -0.25) is 25.2 Å². The second-order valence-electron chi connectivity index (χ2n) is 6.96. The summed E-state index contributed by atoms with van der Waals surface area (Å²) in [4.78, 5) is 40.7. The Hall–Kier alpha value is -3.29. The Morgan fingerprint density at radius 1 is 1.14 bits per heavy atom. The molecular formula is C20H24N4O4. The Labute approximate surface area is 163 Å². The smallest absolute Gasteiger partial charge is 0.289 e. The molecule has 2 heterocycles. The van der Waals surface area contributed by atoms with Gasteiger partial charge in [0.1, 0.15) is 0 Å². The molecule has 0 unspecified atom stereocenters. The highest BCUT2D eigenvalue weighted by Gasteiger charge is 2.30. The van der Waals surface area contributed by atoms with Crippen molar-refractivity contribution in [1.29, 1.82) is 0 Å². The van der Waals surface area contributed by atoms with Crippen LogP contribution in [0.4, 0.5) is 5.69 Å². The second-order valence-corrected chi connectivity index (χ2v) is 6.96. The molecule has 1 aliphatic heterocycles. The molecule has 148 valence electrons. The SMILES string of the molecule is CN(C)c1cccc(C(=O)NNC(=O)[C@@H]2CCCN(C(=O)c3ccco3)C2)c1. The van der Waals surface area contributed by atoms with Crippen LogP contribution in [0.2, 0.25) is 0 Å². The number of likely N-dealkylation sites (tertiary alicyclic amines) is 1. The lowest BCUT2D eigenvalue weighted by Crippen LogP contribution is -2.50. The summed E-state index contributed by atoms with van der Waals surface area (Å²) in [6, 6.07) is 10.4. The molecule has 3 amide bonds. The number of carbonyl (C=O) groups excluding carboxylic acids is 3. The summed E-state index contributed by atoms with van der Waals surface area (Å²) in [5, 5.41) is 0. The highest BCUT2D eigenvalue weighted by atomic mass is 16.3. The molecule has 2 aromatic rings. The molecule has 0 spiro atoms. The van der Waals surface area contributed by atoms with E-state index in [9.17, 15) is 14.4 Å². The van der Waals surface area contributed by atoms with Crippen LogP contribution in [0, 0.1) is 5.92 Å². The van der Waals surface area contributed by atoms with Gasteiger partial charge in [-0.25, -0.2) is 0 Å². The van der Waals surface area contributed by atoms with Crippen molar-refractivity contribution in [3.63, 3.8) is 0 Å². The number of nitrogens with one attached hydrogen (secondary N) is 2. The van der Waals surface area contributed by atoms with Crippen molar-refractivity contribution in [1.82, 2.24) is 15.8 Å². The third kappa shape index (κ3) is 4.51. The lowest BCUT2D eigenvalue weighted by Gasteiger charge is -2.31. The molecule has 8 nitrogen and oxygen atoms in total. The summed E-state index contributed by atoms with van der Waals surface area (Å²) in [5.41, 5.74) is 6.27. The zero-order valence-electron chi connectivity index (χ0n) is 16.0. The highest BCUT2D eigenvalue weighted by Crippen LogP contribution is 2.19. The van der Waals surface area contributed by atoms with E-state index < -0.39 is 5.91 Å². The van der Waals surface area contributed by atoms with E-state index in [1.165, 1.54) is 6.26 Å². The van der Waals surface area contributed by atoms with E-state index in [1.54, 1.807) is 35.2 Å². The van der Waals surface area contributed by atoms with Crippen molar-refractivity contribution in [3.05, 3.63) is 54.0 Å². The number of hydrogen-bond donors (Lipinski definition) is 2. The maximum atomic E-state index is 12.5. The van der Waals surface area contributed by atoms with Crippen LogP contribution in [0.25, 0.3) is 0 Å². The van der Waals surface area contributed by atoms with Crippen LogP contribution >= 0.6 is 0 Å². The molecule has 28 heavy (non-hydrogen) atoms. The van der Waals surface area contributed by atoms with Crippen molar-refractivity contribution in [2.45, 2.75) is 12.8 Å². The molecule has 0 saturated carbocycles. The standard InChI is InChI=1S/C20H24N4O4/c1-23(2)16-8-3-6-14(12-16)18(25)21-22-19(26)15-7-4-10-24(13-15)20(27)17-9-5-11-28-17/h3,5-6,8-9,11-12,15H,4,7,10,13H2,1-2H3,(H,21,25)(H,22,26)/t15-/m1/s1. The van der Waals surface area contributed by atoms with Crippen molar-refractivity contribution in [2.75, 3.05) is 32.1 Å².